The van der Waals surface area contributed by atoms with Crippen molar-refractivity contribution in [1.82, 2.24) is 19.2 Å². The van der Waals surface area contributed by atoms with Crippen LogP contribution < -0.4 is 5.32 Å². The van der Waals surface area contributed by atoms with E-state index in [2.05, 4.69) is 15.3 Å². The molecule has 0 spiro atoms. The van der Waals surface area contributed by atoms with Gasteiger partial charge in [0.2, 0.25) is 15.9 Å². The lowest BCUT2D eigenvalue weighted by Crippen LogP contribution is -2.43. The van der Waals surface area contributed by atoms with Gasteiger partial charge in [-0.1, -0.05) is 12.1 Å². The number of hydrogen-bond donors (Lipinski definition) is 1. The average molecular weight is 548 g/mol. The van der Waals surface area contributed by atoms with Gasteiger partial charge in [0.05, 0.1) is 35.1 Å². The van der Waals surface area contributed by atoms with Crippen LogP contribution >= 0.6 is 0 Å². The predicted octanol–water partition coefficient (Wildman–Crippen LogP) is 4.59. The average Bonchev–Trinajstić information content (AvgIpc) is 3.56. The van der Waals surface area contributed by atoms with Gasteiger partial charge in [0, 0.05) is 37.6 Å². The van der Waals surface area contributed by atoms with Crippen molar-refractivity contribution in [1.29, 1.82) is 0 Å². The molecule has 0 bridgehead atoms. The maximum atomic E-state index is 14.2. The molecule has 1 aliphatic carbocycles. The molecule has 1 N–H and O–H groups in total. The maximum absolute atomic E-state index is 14.2. The standard InChI is InChI=1S/C26H28F3N5O3S/c1-33(25(35)18-11-13-34(15-18)38(2,36)37)24(26(27,28)29)17-7-9-19(10-8-17)32-21-14-31-20-4-3-12-30-23(20)22(21)16-5-6-16/h3-4,7-10,12,14,16,18,24,32H,5-6,11,13,15H2,1-2H3/t18?,24-/m0/s1. The van der Waals surface area contributed by atoms with E-state index < -0.39 is 34.1 Å². The lowest BCUT2D eigenvalue weighted by molar-refractivity contribution is -0.190. The van der Waals surface area contributed by atoms with E-state index in [9.17, 15) is 26.4 Å². The van der Waals surface area contributed by atoms with Gasteiger partial charge >= 0.3 is 6.18 Å². The highest BCUT2D eigenvalue weighted by atomic mass is 32.2. The lowest BCUT2D eigenvalue weighted by atomic mass is 10.0. The summed E-state index contributed by atoms with van der Waals surface area (Å²) in [6, 6.07) is 7.36. The largest absolute Gasteiger partial charge is 0.413 e. The lowest BCUT2D eigenvalue weighted by Gasteiger charge is -2.32. The van der Waals surface area contributed by atoms with Gasteiger partial charge in [-0.2, -0.15) is 13.2 Å². The molecule has 1 unspecified atom stereocenters. The topological polar surface area (TPSA) is 95.5 Å². The highest BCUT2D eigenvalue weighted by molar-refractivity contribution is 7.88. The molecular weight excluding hydrogens is 519 g/mol. The van der Waals surface area contributed by atoms with Crippen molar-refractivity contribution in [3.8, 4) is 0 Å². The number of hydrogen-bond acceptors (Lipinski definition) is 6. The quantitative estimate of drug-likeness (QED) is 0.465. The molecular formula is C26H28F3N5O3S. The number of nitrogens with zero attached hydrogens (tertiary/aromatic N) is 4. The Hall–Kier alpha value is -3.25. The first-order valence-corrected chi connectivity index (χ1v) is 14.2. The summed E-state index contributed by atoms with van der Waals surface area (Å²) in [7, 11) is -2.40. The number of amides is 1. The highest BCUT2D eigenvalue weighted by Gasteiger charge is 2.47. The Morgan fingerprint density at radius 2 is 1.84 bits per heavy atom. The maximum Gasteiger partial charge on any atom is 0.413 e. The molecule has 1 aliphatic heterocycles. The molecule has 2 fully saturated rings. The molecule has 3 heterocycles. The Balaban J connectivity index is 1.37. The van der Waals surface area contributed by atoms with E-state index in [0.29, 0.717) is 16.5 Å². The molecule has 8 nitrogen and oxygen atoms in total. The number of carbonyl (C=O) groups is 1. The molecule has 1 saturated heterocycles. The zero-order valence-corrected chi connectivity index (χ0v) is 21.8. The van der Waals surface area contributed by atoms with Gasteiger partial charge in [-0.3, -0.25) is 14.8 Å². The normalized spacial score (nSPS) is 19.4. The zero-order valence-electron chi connectivity index (χ0n) is 20.9. The number of sulfonamides is 1. The summed E-state index contributed by atoms with van der Waals surface area (Å²) in [5.74, 6) is -1.19. The molecule has 2 atom stereocenters. The number of benzene rings is 1. The van der Waals surface area contributed by atoms with Crippen molar-refractivity contribution in [3.63, 3.8) is 0 Å². The van der Waals surface area contributed by atoms with Crippen molar-refractivity contribution < 1.29 is 26.4 Å². The molecule has 3 aromatic rings. The van der Waals surface area contributed by atoms with Crippen molar-refractivity contribution in [2.75, 3.05) is 31.7 Å². The third-order valence-electron chi connectivity index (χ3n) is 7.17. The molecule has 2 aliphatic rings. The van der Waals surface area contributed by atoms with Crippen LogP contribution in [-0.2, 0) is 14.8 Å². The summed E-state index contributed by atoms with van der Waals surface area (Å²) in [4.78, 5) is 22.6. The predicted molar refractivity (Wildman–Crippen MR) is 137 cm³/mol. The second-order valence-electron chi connectivity index (χ2n) is 9.98. The number of rotatable bonds is 7. The Labute approximate surface area is 218 Å². The fraction of sp³-hybridized carbons (Fsp3) is 0.423. The first kappa shape index (κ1) is 26.4. The van der Waals surface area contributed by atoms with Gasteiger partial charge < -0.3 is 10.2 Å². The molecule has 1 amide bonds. The number of halogens is 3. The first-order valence-electron chi connectivity index (χ1n) is 12.3. The van der Waals surface area contributed by atoms with Crippen LogP contribution in [0.4, 0.5) is 24.5 Å². The van der Waals surface area contributed by atoms with Crippen LogP contribution in [0.2, 0.25) is 0 Å². The summed E-state index contributed by atoms with van der Waals surface area (Å²) in [6.45, 7) is -0.00442. The van der Waals surface area contributed by atoms with Gasteiger partial charge in [0.15, 0.2) is 6.04 Å². The fourth-order valence-corrected chi connectivity index (χ4v) is 6.00. The van der Waals surface area contributed by atoms with Crippen molar-refractivity contribution in [2.45, 2.75) is 37.4 Å². The van der Waals surface area contributed by atoms with E-state index in [0.717, 1.165) is 52.7 Å². The molecule has 0 radical (unpaired) electrons. The summed E-state index contributed by atoms with van der Waals surface area (Å²) >= 11 is 0. The van der Waals surface area contributed by atoms with E-state index in [4.69, 9.17) is 0 Å². The monoisotopic (exact) mass is 547 g/mol. The summed E-state index contributed by atoms with van der Waals surface area (Å²) in [5.41, 5.74) is 3.92. The number of aromatic nitrogens is 2. The van der Waals surface area contributed by atoms with Crippen LogP contribution in [0.15, 0.2) is 48.8 Å². The summed E-state index contributed by atoms with van der Waals surface area (Å²) in [5, 5.41) is 3.28. The second-order valence-corrected chi connectivity index (χ2v) is 12.0. The molecule has 1 saturated carbocycles. The van der Waals surface area contributed by atoms with Gasteiger partial charge in [-0.25, -0.2) is 12.7 Å². The van der Waals surface area contributed by atoms with E-state index in [-0.39, 0.29) is 25.1 Å². The van der Waals surface area contributed by atoms with Crippen molar-refractivity contribution >= 4 is 38.3 Å². The number of carbonyl (C=O) groups excluding carboxylic acids is 1. The molecule has 202 valence electrons. The third kappa shape index (κ3) is 5.32. The van der Waals surface area contributed by atoms with Crippen molar-refractivity contribution in [2.24, 2.45) is 5.92 Å². The highest BCUT2D eigenvalue weighted by Crippen LogP contribution is 2.46. The molecule has 1 aromatic carbocycles. The third-order valence-corrected chi connectivity index (χ3v) is 8.44. The van der Waals surface area contributed by atoms with Crippen LogP contribution in [0.1, 0.15) is 42.3 Å². The fourth-order valence-electron chi connectivity index (χ4n) is 5.11. The minimum Gasteiger partial charge on any atom is -0.354 e. The van der Waals surface area contributed by atoms with Crippen LogP contribution in [0.5, 0.6) is 0 Å². The number of nitrogens with one attached hydrogen (secondary N) is 1. The first-order chi connectivity index (χ1) is 17.9. The van der Waals surface area contributed by atoms with Gasteiger partial charge in [-0.05, 0) is 55.0 Å². The van der Waals surface area contributed by atoms with Crippen LogP contribution in [-0.4, -0.2) is 66.1 Å². The zero-order chi connectivity index (χ0) is 27.2. The summed E-state index contributed by atoms with van der Waals surface area (Å²) in [6.07, 6.45) is 2.00. The van der Waals surface area contributed by atoms with Crippen molar-refractivity contribution in [3.05, 3.63) is 59.9 Å². The van der Waals surface area contributed by atoms with Crippen LogP contribution in [0.25, 0.3) is 11.0 Å². The Morgan fingerprint density at radius 3 is 2.45 bits per heavy atom. The SMILES string of the molecule is CN(C(=O)C1CCN(S(C)(=O)=O)C1)[C@@H](c1ccc(Nc2cnc3cccnc3c2C2CC2)cc1)C(F)(F)F. The van der Waals surface area contributed by atoms with E-state index >= 15 is 0 Å². The van der Waals surface area contributed by atoms with E-state index in [1.54, 1.807) is 24.5 Å². The van der Waals surface area contributed by atoms with Gasteiger partial charge in [0.1, 0.15) is 0 Å². The smallest absolute Gasteiger partial charge is 0.354 e. The molecule has 12 heteroatoms. The van der Waals surface area contributed by atoms with E-state index in [1.165, 1.54) is 12.1 Å². The van der Waals surface area contributed by atoms with Gasteiger partial charge in [0.25, 0.3) is 0 Å². The summed E-state index contributed by atoms with van der Waals surface area (Å²) < 4.78 is 67.2. The molecule has 38 heavy (non-hydrogen) atoms. The minimum atomic E-state index is -4.72. The number of pyridine rings is 2. The number of alkyl halides is 3. The Kier molecular flexibility index (Phi) is 6.80. The Morgan fingerprint density at radius 1 is 1.13 bits per heavy atom. The van der Waals surface area contributed by atoms with Crippen LogP contribution in [0.3, 0.4) is 0 Å². The molecule has 2 aromatic heterocycles. The van der Waals surface area contributed by atoms with Gasteiger partial charge in [-0.15, -0.1) is 0 Å². The van der Waals surface area contributed by atoms with Crippen LogP contribution in [0, 0.1) is 5.92 Å². The number of fused-ring (bicyclic) bond motifs is 1. The Bertz CT molecular complexity index is 1460. The number of anilines is 2. The molecule has 5 rings (SSSR count). The van der Waals surface area contributed by atoms with E-state index in [1.807, 2.05) is 12.1 Å². The minimum absolute atomic E-state index is 0.0856. The second kappa shape index (κ2) is 9.81.